The SMILES string of the molecule is C.CC(C)OC(=O)Cl. The lowest BCUT2D eigenvalue weighted by Crippen LogP contribution is -2.03. The van der Waals surface area contributed by atoms with Crippen molar-refractivity contribution < 1.29 is 9.53 Å². The van der Waals surface area contributed by atoms with E-state index in [2.05, 4.69) is 4.74 Å². The fourth-order valence-corrected chi connectivity index (χ4v) is 0.363. The standard InChI is InChI=1S/C4H7ClO2.CH4/c1-3(2)7-4(5)6;/h3H,1-2H3;1H4. The van der Waals surface area contributed by atoms with Gasteiger partial charge in [0.1, 0.15) is 0 Å². The van der Waals surface area contributed by atoms with Crippen molar-refractivity contribution in [3.63, 3.8) is 0 Å². The third-order valence-corrected chi connectivity index (χ3v) is 0.417. The molecule has 0 saturated carbocycles. The van der Waals surface area contributed by atoms with Gasteiger partial charge in [0.05, 0.1) is 6.10 Å². The first kappa shape index (κ1) is 10.7. The van der Waals surface area contributed by atoms with Crippen molar-refractivity contribution in [3.05, 3.63) is 0 Å². The topological polar surface area (TPSA) is 26.3 Å². The van der Waals surface area contributed by atoms with Crippen molar-refractivity contribution in [2.24, 2.45) is 0 Å². The molecule has 50 valence electrons. The maximum absolute atomic E-state index is 9.80. The monoisotopic (exact) mass is 138 g/mol. The molecule has 0 aromatic heterocycles. The summed E-state index contributed by atoms with van der Waals surface area (Å²) in [4.78, 5) is 9.80. The molecule has 0 atom stereocenters. The van der Waals surface area contributed by atoms with Crippen LogP contribution in [-0.2, 0) is 4.74 Å². The minimum absolute atomic E-state index is 0. The molecule has 8 heavy (non-hydrogen) atoms. The van der Waals surface area contributed by atoms with Crippen LogP contribution in [0.2, 0.25) is 0 Å². The zero-order valence-electron chi connectivity index (χ0n) is 4.27. The second-order valence-corrected chi connectivity index (χ2v) is 1.71. The molecule has 0 bridgehead atoms. The van der Waals surface area contributed by atoms with Crippen LogP contribution in [0.25, 0.3) is 0 Å². The summed E-state index contributed by atoms with van der Waals surface area (Å²) in [5, 5.41) is 0. The van der Waals surface area contributed by atoms with Crippen LogP contribution >= 0.6 is 11.6 Å². The summed E-state index contributed by atoms with van der Waals surface area (Å²) in [6.45, 7) is 3.47. The summed E-state index contributed by atoms with van der Waals surface area (Å²) in [5.74, 6) is 0. The number of carbonyl (C=O) groups excluding carboxylic acids is 1. The summed E-state index contributed by atoms with van der Waals surface area (Å²) < 4.78 is 4.38. The van der Waals surface area contributed by atoms with Gasteiger partial charge in [0.2, 0.25) is 0 Å². The summed E-state index contributed by atoms with van der Waals surface area (Å²) in [5.41, 5.74) is -0.741. The van der Waals surface area contributed by atoms with Crippen molar-refractivity contribution >= 4 is 17.0 Å². The van der Waals surface area contributed by atoms with Crippen molar-refractivity contribution in [2.45, 2.75) is 27.4 Å². The highest BCUT2D eigenvalue weighted by atomic mass is 35.5. The summed E-state index contributed by atoms with van der Waals surface area (Å²) in [6, 6.07) is 0. The zero-order chi connectivity index (χ0) is 5.86. The highest BCUT2D eigenvalue weighted by molar-refractivity contribution is 6.61. The molecule has 0 aromatic rings. The molecule has 0 radical (unpaired) electrons. The zero-order valence-corrected chi connectivity index (χ0v) is 5.03. The Bertz CT molecular complexity index is 70.8. The average Bonchev–Trinajstić information content (AvgIpc) is 1.27. The molecule has 3 heteroatoms. The van der Waals surface area contributed by atoms with Crippen LogP contribution in [0.15, 0.2) is 0 Å². The van der Waals surface area contributed by atoms with Gasteiger partial charge >= 0.3 is 5.43 Å². The van der Waals surface area contributed by atoms with Crippen LogP contribution < -0.4 is 0 Å². The van der Waals surface area contributed by atoms with Gasteiger partial charge in [-0.25, -0.2) is 4.79 Å². The summed E-state index contributed by atoms with van der Waals surface area (Å²) in [7, 11) is 0. The lowest BCUT2D eigenvalue weighted by Gasteiger charge is -2.00. The quantitative estimate of drug-likeness (QED) is 0.520. The lowest BCUT2D eigenvalue weighted by atomic mass is 10.5. The molecule has 0 amide bonds. The number of carbonyl (C=O) groups is 1. The number of rotatable bonds is 1. The van der Waals surface area contributed by atoms with Crippen molar-refractivity contribution in [1.29, 1.82) is 0 Å². The summed E-state index contributed by atoms with van der Waals surface area (Å²) >= 11 is 4.81. The molecule has 0 spiro atoms. The minimum Gasteiger partial charge on any atom is -0.451 e. The van der Waals surface area contributed by atoms with E-state index >= 15 is 0 Å². The first-order chi connectivity index (χ1) is 3.13. The van der Waals surface area contributed by atoms with Crippen LogP contribution in [0, 0.1) is 0 Å². The Kier molecular flexibility index (Phi) is 6.56. The molecular weight excluding hydrogens is 128 g/mol. The van der Waals surface area contributed by atoms with E-state index in [1.54, 1.807) is 13.8 Å². The van der Waals surface area contributed by atoms with Gasteiger partial charge < -0.3 is 4.74 Å². The fraction of sp³-hybridized carbons (Fsp3) is 0.800. The van der Waals surface area contributed by atoms with Crippen LogP contribution in [0.1, 0.15) is 21.3 Å². The van der Waals surface area contributed by atoms with Gasteiger partial charge in [-0.05, 0) is 13.8 Å². The number of halogens is 1. The van der Waals surface area contributed by atoms with Gasteiger partial charge in [-0.1, -0.05) is 7.43 Å². The minimum atomic E-state index is -0.741. The summed E-state index contributed by atoms with van der Waals surface area (Å²) in [6.07, 6.45) is -0.106. The molecule has 0 unspecified atom stereocenters. The van der Waals surface area contributed by atoms with Crippen molar-refractivity contribution in [1.82, 2.24) is 0 Å². The number of ether oxygens (including phenoxy) is 1. The predicted octanol–water partition coefficient (Wildman–Crippen LogP) is 2.41. The van der Waals surface area contributed by atoms with Gasteiger partial charge in [-0.2, -0.15) is 0 Å². The third-order valence-electron chi connectivity index (χ3n) is 0.328. The Morgan fingerprint density at radius 2 is 2.00 bits per heavy atom. The van der Waals surface area contributed by atoms with Gasteiger partial charge in [-0.3, -0.25) is 0 Å². The average molecular weight is 139 g/mol. The molecule has 0 rings (SSSR count). The molecule has 0 saturated heterocycles. The second-order valence-electron chi connectivity index (χ2n) is 1.40. The molecule has 2 nitrogen and oxygen atoms in total. The van der Waals surface area contributed by atoms with E-state index in [0.29, 0.717) is 0 Å². The van der Waals surface area contributed by atoms with Gasteiger partial charge in [0.15, 0.2) is 0 Å². The third kappa shape index (κ3) is 9.23. The number of hydrogen-bond acceptors (Lipinski definition) is 2. The first-order valence-electron chi connectivity index (χ1n) is 1.99. The van der Waals surface area contributed by atoms with E-state index in [4.69, 9.17) is 11.6 Å². The van der Waals surface area contributed by atoms with E-state index in [9.17, 15) is 4.79 Å². The Balaban J connectivity index is 0. The van der Waals surface area contributed by atoms with Gasteiger partial charge in [-0.15, -0.1) is 0 Å². The van der Waals surface area contributed by atoms with E-state index < -0.39 is 5.43 Å². The van der Waals surface area contributed by atoms with E-state index in [1.165, 1.54) is 0 Å². The van der Waals surface area contributed by atoms with Gasteiger partial charge in [0.25, 0.3) is 0 Å². The second kappa shape index (κ2) is 4.91. The van der Waals surface area contributed by atoms with Crippen LogP contribution in [-0.4, -0.2) is 11.5 Å². The van der Waals surface area contributed by atoms with Crippen LogP contribution in [0.3, 0.4) is 0 Å². The highest BCUT2D eigenvalue weighted by Crippen LogP contribution is 1.92. The molecular formula is C5H11ClO2. The molecule has 0 aromatic carbocycles. The molecule has 0 heterocycles. The maximum atomic E-state index is 9.80. The smallest absolute Gasteiger partial charge is 0.404 e. The van der Waals surface area contributed by atoms with Crippen LogP contribution in [0.4, 0.5) is 4.79 Å². The highest BCUT2D eigenvalue weighted by Gasteiger charge is 1.96. The largest absolute Gasteiger partial charge is 0.451 e. The molecule has 0 aliphatic heterocycles. The van der Waals surface area contributed by atoms with Crippen molar-refractivity contribution in [2.75, 3.05) is 0 Å². The fourth-order valence-electron chi connectivity index (χ4n) is 0.185. The Hall–Kier alpha value is -0.240. The maximum Gasteiger partial charge on any atom is 0.404 e. The van der Waals surface area contributed by atoms with E-state index in [-0.39, 0.29) is 13.5 Å². The Labute approximate surface area is 54.8 Å². The molecule has 0 fully saturated rings. The Morgan fingerprint density at radius 1 is 1.62 bits per heavy atom. The Morgan fingerprint density at radius 3 is 2.00 bits per heavy atom. The lowest BCUT2D eigenvalue weighted by molar-refractivity contribution is 0.141. The van der Waals surface area contributed by atoms with Crippen molar-refractivity contribution in [3.8, 4) is 0 Å². The normalized spacial score (nSPS) is 8.00. The van der Waals surface area contributed by atoms with Gasteiger partial charge in [0, 0.05) is 11.6 Å². The first-order valence-corrected chi connectivity index (χ1v) is 2.37. The molecule has 0 aliphatic carbocycles. The predicted molar refractivity (Wildman–Crippen MR) is 34.2 cm³/mol. The molecule has 0 aliphatic rings. The van der Waals surface area contributed by atoms with E-state index in [1.807, 2.05) is 0 Å². The molecule has 0 N–H and O–H groups in total. The number of hydrogen-bond donors (Lipinski definition) is 0. The van der Waals surface area contributed by atoms with E-state index in [0.717, 1.165) is 0 Å². The van der Waals surface area contributed by atoms with Crippen LogP contribution in [0.5, 0.6) is 0 Å².